The molecule has 0 aliphatic carbocycles. The van der Waals surface area contributed by atoms with Gasteiger partial charge in [0.05, 0.1) is 12.2 Å². The van der Waals surface area contributed by atoms with Crippen molar-refractivity contribution in [1.82, 2.24) is 10.2 Å². The summed E-state index contributed by atoms with van der Waals surface area (Å²) in [6, 6.07) is 0. The van der Waals surface area contributed by atoms with Crippen LogP contribution in [0.3, 0.4) is 0 Å². The molecule has 0 spiro atoms. The van der Waals surface area contributed by atoms with Gasteiger partial charge < -0.3 is 15.0 Å². The third-order valence-corrected chi connectivity index (χ3v) is 2.54. The summed E-state index contributed by atoms with van der Waals surface area (Å²) in [6.07, 6.45) is 0.918. The predicted octanol–water partition coefficient (Wildman–Crippen LogP) is 0.622. The van der Waals surface area contributed by atoms with E-state index in [0.29, 0.717) is 6.42 Å². The van der Waals surface area contributed by atoms with E-state index in [1.54, 1.807) is 0 Å². The Kier molecular flexibility index (Phi) is 5.05. The molecule has 1 fully saturated rings. The summed E-state index contributed by atoms with van der Waals surface area (Å²) in [5.74, 6) is 0.234. The van der Waals surface area contributed by atoms with E-state index in [9.17, 15) is 4.79 Å². The van der Waals surface area contributed by atoms with Gasteiger partial charge in [0.15, 0.2) is 0 Å². The second-order valence-corrected chi connectivity index (χ2v) is 4.16. The average molecular weight is 214 g/mol. The van der Waals surface area contributed by atoms with Crippen molar-refractivity contribution in [3.05, 3.63) is 0 Å². The van der Waals surface area contributed by atoms with Crippen LogP contribution in [-0.2, 0) is 9.53 Å². The summed E-state index contributed by atoms with van der Waals surface area (Å²) < 4.78 is 5.58. The number of ether oxygens (including phenoxy) is 1. The second-order valence-electron chi connectivity index (χ2n) is 4.16. The van der Waals surface area contributed by atoms with E-state index >= 15 is 0 Å². The lowest BCUT2D eigenvalue weighted by Gasteiger charge is -2.35. The highest BCUT2D eigenvalue weighted by Gasteiger charge is 2.25. The van der Waals surface area contributed by atoms with E-state index in [2.05, 4.69) is 5.32 Å². The van der Waals surface area contributed by atoms with Crippen LogP contribution in [0.25, 0.3) is 0 Å². The minimum absolute atomic E-state index is 0.164. The van der Waals surface area contributed by atoms with Gasteiger partial charge in [0.1, 0.15) is 0 Å². The van der Waals surface area contributed by atoms with Crippen LogP contribution in [0.2, 0.25) is 0 Å². The average Bonchev–Trinajstić information content (AvgIpc) is 2.16. The van der Waals surface area contributed by atoms with Gasteiger partial charge in [-0.05, 0) is 20.4 Å². The minimum Gasteiger partial charge on any atom is -0.372 e. The number of amides is 1. The number of carbonyl (C=O) groups excluding carboxylic acids is 1. The molecule has 1 aliphatic heterocycles. The molecule has 1 saturated heterocycles. The van der Waals surface area contributed by atoms with Gasteiger partial charge in [0.25, 0.3) is 0 Å². The maximum absolute atomic E-state index is 11.8. The monoisotopic (exact) mass is 214 g/mol. The molecule has 1 N–H and O–H groups in total. The van der Waals surface area contributed by atoms with Gasteiger partial charge in [-0.15, -0.1) is 0 Å². The van der Waals surface area contributed by atoms with Crippen LogP contribution in [-0.4, -0.2) is 49.2 Å². The Balaban J connectivity index is 2.31. The van der Waals surface area contributed by atoms with Gasteiger partial charge in [0.2, 0.25) is 5.91 Å². The van der Waals surface area contributed by atoms with Crippen molar-refractivity contribution in [3.63, 3.8) is 0 Å². The molecule has 1 aliphatic rings. The van der Waals surface area contributed by atoms with Gasteiger partial charge >= 0.3 is 0 Å². The van der Waals surface area contributed by atoms with Crippen LogP contribution in [0.15, 0.2) is 0 Å². The molecular formula is C11H22N2O2. The summed E-state index contributed by atoms with van der Waals surface area (Å²) in [5.41, 5.74) is 0. The highest BCUT2D eigenvalue weighted by atomic mass is 16.5. The zero-order valence-corrected chi connectivity index (χ0v) is 9.95. The van der Waals surface area contributed by atoms with Crippen molar-refractivity contribution < 1.29 is 9.53 Å². The second kappa shape index (κ2) is 6.08. The summed E-state index contributed by atoms with van der Waals surface area (Å²) in [5, 5.41) is 3.16. The van der Waals surface area contributed by atoms with Crippen LogP contribution < -0.4 is 5.32 Å². The predicted molar refractivity (Wildman–Crippen MR) is 59.7 cm³/mol. The molecule has 0 aromatic heterocycles. The maximum Gasteiger partial charge on any atom is 0.224 e. The molecule has 15 heavy (non-hydrogen) atoms. The summed E-state index contributed by atoms with van der Waals surface area (Å²) in [7, 11) is 0. The van der Waals surface area contributed by atoms with E-state index in [4.69, 9.17) is 4.74 Å². The molecular weight excluding hydrogens is 192 g/mol. The minimum atomic E-state index is 0.164. The molecule has 0 bridgehead atoms. The molecule has 88 valence electrons. The fourth-order valence-electron chi connectivity index (χ4n) is 1.91. The first-order valence-corrected chi connectivity index (χ1v) is 5.77. The number of nitrogens with zero attached hydrogens (tertiary/aromatic N) is 1. The van der Waals surface area contributed by atoms with Crippen LogP contribution in [0.1, 0.15) is 27.2 Å². The van der Waals surface area contributed by atoms with Gasteiger partial charge in [0, 0.05) is 26.1 Å². The lowest BCUT2D eigenvalue weighted by Crippen LogP contribution is -2.48. The Morgan fingerprint density at radius 1 is 1.40 bits per heavy atom. The lowest BCUT2D eigenvalue weighted by molar-refractivity contribution is -0.143. The van der Waals surface area contributed by atoms with Crippen LogP contribution in [0.4, 0.5) is 0 Å². The molecule has 1 heterocycles. The Labute approximate surface area is 92.0 Å². The van der Waals surface area contributed by atoms with Crippen molar-refractivity contribution in [2.45, 2.75) is 39.4 Å². The standard InChI is InChI=1S/C11H22N2O2/c1-4-12-6-5-11(14)13-7-9(2)15-10(3)8-13/h9-10,12H,4-8H2,1-3H3/t9-,10+. The first-order chi connectivity index (χ1) is 7.13. The fraction of sp³-hybridized carbons (Fsp3) is 0.909. The molecule has 1 amide bonds. The number of hydrogen-bond acceptors (Lipinski definition) is 3. The molecule has 0 unspecified atom stereocenters. The topological polar surface area (TPSA) is 41.6 Å². The zero-order valence-electron chi connectivity index (χ0n) is 9.95. The summed E-state index contributed by atoms with van der Waals surface area (Å²) in [6.45, 7) is 9.23. The molecule has 0 radical (unpaired) electrons. The normalized spacial score (nSPS) is 26.7. The fourth-order valence-corrected chi connectivity index (χ4v) is 1.91. The Morgan fingerprint density at radius 3 is 2.53 bits per heavy atom. The zero-order chi connectivity index (χ0) is 11.3. The van der Waals surface area contributed by atoms with Crippen molar-refractivity contribution in [2.75, 3.05) is 26.2 Å². The van der Waals surface area contributed by atoms with Crippen LogP contribution in [0.5, 0.6) is 0 Å². The van der Waals surface area contributed by atoms with Crippen LogP contribution >= 0.6 is 0 Å². The van der Waals surface area contributed by atoms with Gasteiger partial charge in [-0.2, -0.15) is 0 Å². The molecule has 0 aromatic rings. The van der Waals surface area contributed by atoms with Gasteiger partial charge in [-0.1, -0.05) is 6.92 Å². The molecule has 0 saturated carbocycles. The Morgan fingerprint density at radius 2 is 2.00 bits per heavy atom. The Bertz CT molecular complexity index is 199. The molecule has 2 atom stereocenters. The summed E-state index contributed by atoms with van der Waals surface area (Å²) in [4.78, 5) is 13.7. The number of nitrogens with one attached hydrogen (secondary N) is 1. The van der Waals surface area contributed by atoms with Crippen molar-refractivity contribution in [3.8, 4) is 0 Å². The smallest absolute Gasteiger partial charge is 0.224 e. The maximum atomic E-state index is 11.8. The number of morpholine rings is 1. The quantitative estimate of drug-likeness (QED) is 0.698. The van der Waals surface area contributed by atoms with Gasteiger partial charge in [-0.3, -0.25) is 4.79 Å². The molecule has 4 nitrogen and oxygen atoms in total. The third kappa shape index (κ3) is 4.18. The van der Waals surface area contributed by atoms with E-state index in [0.717, 1.165) is 26.2 Å². The number of carbonyl (C=O) groups is 1. The van der Waals surface area contributed by atoms with E-state index in [-0.39, 0.29) is 18.1 Å². The van der Waals surface area contributed by atoms with E-state index < -0.39 is 0 Å². The van der Waals surface area contributed by atoms with Crippen molar-refractivity contribution in [1.29, 1.82) is 0 Å². The Hall–Kier alpha value is -0.610. The van der Waals surface area contributed by atoms with Crippen LogP contribution in [0, 0.1) is 0 Å². The van der Waals surface area contributed by atoms with Gasteiger partial charge in [-0.25, -0.2) is 0 Å². The highest BCUT2D eigenvalue weighted by molar-refractivity contribution is 5.76. The first-order valence-electron chi connectivity index (χ1n) is 5.77. The lowest BCUT2D eigenvalue weighted by atomic mass is 10.2. The van der Waals surface area contributed by atoms with E-state index in [1.165, 1.54) is 0 Å². The largest absolute Gasteiger partial charge is 0.372 e. The highest BCUT2D eigenvalue weighted by Crippen LogP contribution is 2.11. The third-order valence-electron chi connectivity index (χ3n) is 2.54. The van der Waals surface area contributed by atoms with Crippen molar-refractivity contribution in [2.24, 2.45) is 0 Å². The van der Waals surface area contributed by atoms with E-state index in [1.807, 2.05) is 25.7 Å². The SMILES string of the molecule is CCNCCC(=O)N1C[C@@H](C)O[C@@H](C)C1. The number of rotatable bonds is 4. The molecule has 1 rings (SSSR count). The molecule has 0 aromatic carbocycles. The van der Waals surface area contributed by atoms with Crippen molar-refractivity contribution >= 4 is 5.91 Å². The first kappa shape index (κ1) is 12.5. The summed E-state index contributed by atoms with van der Waals surface area (Å²) >= 11 is 0. The number of hydrogen-bond donors (Lipinski definition) is 1. The molecule has 4 heteroatoms.